The van der Waals surface area contributed by atoms with E-state index in [1.54, 1.807) is 4.90 Å². The molecule has 8 nitrogen and oxygen atoms in total. The van der Waals surface area contributed by atoms with E-state index in [0.717, 1.165) is 21.5 Å². The highest BCUT2D eigenvalue weighted by atomic mass is 32.1. The fourth-order valence-corrected chi connectivity index (χ4v) is 4.15. The van der Waals surface area contributed by atoms with Crippen LogP contribution >= 0.6 is 11.3 Å². The van der Waals surface area contributed by atoms with Gasteiger partial charge >= 0.3 is 6.03 Å². The van der Waals surface area contributed by atoms with Crippen molar-refractivity contribution in [3.05, 3.63) is 41.3 Å². The first-order valence-corrected chi connectivity index (χ1v) is 9.94. The smallest absolute Gasteiger partial charge is 0.321 e. The minimum absolute atomic E-state index is 0.0934. The van der Waals surface area contributed by atoms with Crippen molar-refractivity contribution >= 4 is 45.0 Å². The third kappa shape index (κ3) is 3.58. The Morgan fingerprint density at radius 3 is 2.82 bits per heavy atom. The van der Waals surface area contributed by atoms with E-state index in [1.165, 1.54) is 11.3 Å². The second-order valence-corrected chi connectivity index (χ2v) is 7.71. The molecule has 9 heteroatoms. The zero-order valence-corrected chi connectivity index (χ0v) is 16.3. The minimum Gasteiger partial charge on any atom is -0.394 e. The number of hydrogen-bond donors (Lipinski definition) is 3. The van der Waals surface area contributed by atoms with Crippen molar-refractivity contribution in [3.8, 4) is 0 Å². The third-order valence-corrected chi connectivity index (χ3v) is 5.68. The van der Waals surface area contributed by atoms with Gasteiger partial charge in [0.05, 0.1) is 18.0 Å². The van der Waals surface area contributed by atoms with E-state index in [2.05, 4.69) is 15.3 Å². The van der Waals surface area contributed by atoms with Crippen LogP contribution in [-0.2, 0) is 0 Å². The fourth-order valence-electron chi connectivity index (χ4n) is 3.39. The van der Waals surface area contributed by atoms with E-state index in [9.17, 15) is 9.90 Å². The van der Waals surface area contributed by atoms with Crippen molar-refractivity contribution in [3.63, 3.8) is 0 Å². The molecule has 1 unspecified atom stereocenters. The number of nitrogens with zero attached hydrogens (tertiary/aromatic N) is 4. The lowest BCUT2D eigenvalue weighted by Crippen LogP contribution is -2.57. The van der Waals surface area contributed by atoms with Crippen molar-refractivity contribution in [1.29, 1.82) is 0 Å². The summed E-state index contributed by atoms with van der Waals surface area (Å²) in [5.41, 5.74) is 7.76. The van der Waals surface area contributed by atoms with E-state index in [0.29, 0.717) is 25.5 Å². The van der Waals surface area contributed by atoms with E-state index >= 15 is 0 Å². The number of aryl methyl sites for hydroxylation is 1. The number of nitrogen functional groups attached to an aromatic ring is 1. The molecule has 1 aliphatic rings. The highest BCUT2D eigenvalue weighted by molar-refractivity contribution is 7.16. The summed E-state index contributed by atoms with van der Waals surface area (Å²) >= 11 is 1.50. The van der Waals surface area contributed by atoms with Crippen LogP contribution in [0.25, 0.3) is 10.2 Å². The average Bonchev–Trinajstić information content (AvgIpc) is 3.17. The fraction of sp³-hybridized carbons (Fsp3) is 0.316. The van der Waals surface area contributed by atoms with Gasteiger partial charge in [0.25, 0.3) is 0 Å². The van der Waals surface area contributed by atoms with E-state index in [-0.39, 0.29) is 24.6 Å². The maximum atomic E-state index is 12.7. The van der Waals surface area contributed by atoms with Crippen LogP contribution in [0.5, 0.6) is 0 Å². The van der Waals surface area contributed by atoms with E-state index < -0.39 is 0 Å². The Balaban J connectivity index is 1.51. The molecule has 1 aliphatic heterocycles. The molecule has 2 aromatic heterocycles. The lowest BCUT2D eigenvalue weighted by molar-refractivity contribution is 0.174. The standard InChI is InChI=1S/C19H22N6O2S/c1-12-2-4-13(5-3-12)21-19(27)24-7-8-25(14(10-24)11-26)16-15-6-9-28-17(15)23-18(20)22-16/h2-6,9,14,26H,7-8,10-11H2,1H3,(H,21,27)(H2,20,22,23). The molecule has 1 atom stereocenters. The van der Waals surface area contributed by atoms with Gasteiger partial charge in [-0.2, -0.15) is 4.98 Å². The summed E-state index contributed by atoms with van der Waals surface area (Å²) in [5.74, 6) is 0.919. The van der Waals surface area contributed by atoms with Crippen LogP contribution in [-0.4, -0.2) is 58.3 Å². The summed E-state index contributed by atoms with van der Waals surface area (Å²) in [6.07, 6.45) is 0. The van der Waals surface area contributed by atoms with Crippen LogP contribution in [0.3, 0.4) is 0 Å². The molecular weight excluding hydrogens is 376 g/mol. The summed E-state index contributed by atoms with van der Waals surface area (Å²) in [6.45, 7) is 3.37. The highest BCUT2D eigenvalue weighted by Crippen LogP contribution is 2.30. The van der Waals surface area contributed by atoms with Crippen molar-refractivity contribution in [2.45, 2.75) is 13.0 Å². The van der Waals surface area contributed by atoms with E-state index in [1.807, 2.05) is 47.5 Å². The number of anilines is 3. The first kappa shape index (κ1) is 18.5. The number of aromatic nitrogens is 2. The topological polar surface area (TPSA) is 108 Å². The Morgan fingerprint density at radius 2 is 2.07 bits per heavy atom. The lowest BCUT2D eigenvalue weighted by Gasteiger charge is -2.41. The lowest BCUT2D eigenvalue weighted by atomic mass is 10.1. The van der Waals surface area contributed by atoms with Gasteiger partial charge in [0.1, 0.15) is 10.6 Å². The zero-order valence-electron chi connectivity index (χ0n) is 15.5. The minimum atomic E-state index is -0.269. The largest absolute Gasteiger partial charge is 0.394 e. The summed E-state index contributed by atoms with van der Waals surface area (Å²) in [4.78, 5) is 25.9. The molecular formula is C19H22N6O2S. The number of nitrogens with one attached hydrogen (secondary N) is 1. The van der Waals surface area contributed by atoms with Crippen LogP contribution in [0.4, 0.5) is 22.2 Å². The Hall–Kier alpha value is -2.91. The number of aliphatic hydroxyl groups is 1. The van der Waals surface area contributed by atoms with Crippen LogP contribution in [0.15, 0.2) is 35.7 Å². The number of thiophene rings is 1. The third-order valence-electron chi connectivity index (χ3n) is 4.88. The number of hydrogen-bond acceptors (Lipinski definition) is 7. The number of carbonyl (C=O) groups is 1. The molecule has 2 amide bonds. The van der Waals surface area contributed by atoms with Gasteiger partial charge in [-0.15, -0.1) is 11.3 Å². The number of fused-ring (bicyclic) bond motifs is 1. The van der Waals surface area contributed by atoms with Crippen molar-refractivity contribution in [2.24, 2.45) is 0 Å². The average molecular weight is 398 g/mol. The molecule has 1 saturated heterocycles. The molecule has 0 radical (unpaired) electrons. The van der Waals surface area contributed by atoms with Gasteiger partial charge in [0.15, 0.2) is 0 Å². The first-order valence-electron chi connectivity index (χ1n) is 9.06. The molecule has 0 bridgehead atoms. The Kier molecular flexibility index (Phi) is 5.01. The zero-order chi connectivity index (χ0) is 19.7. The van der Waals surface area contributed by atoms with Gasteiger partial charge in [-0.3, -0.25) is 0 Å². The molecule has 0 spiro atoms. The second kappa shape index (κ2) is 7.61. The second-order valence-electron chi connectivity index (χ2n) is 6.82. The molecule has 28 heavy (non-hydrogen) atoms. The normalized spacial score (nSPS) is 17.1. The molecule has 4 rings (SSSR count). The molecule has 1 aromatic carbocycles. The summed E-state index contributed by atoms with van der Waals surface area (Å²) < 4.78 is 0. The van der Waals surface area contributed by atoms with Gasteiger partial charge < -0.3 is 26.0 Å². The van der Waals surface area contributed by atoms with Crippen molar-refractivity contribution in [2.75, 3.05) is 42.2 Å². The van der Waals surface area contributed by atoms with Gasteiger partial charge in [0.2, 0.25) is 5.95 Å². The van der Waals surface area contributed by atoms with Crippen molar-refractivity contribution in [1.82, 2.24) is 14.9 Å². The van der Waals surface area contributed by atoms with Gasteiger partial charge in [-0.05, 0) is 30.5 Å². The van der Waals surface area contributed by atoms with Crippen LogP contribution in [0.2, 0.25) is 0 Å². The number of amides is 2. The maximum Gasteiger partial charge on any atom is 0.321 e. The monoisotopic (exact) mass is 398 g/mol. The summed E-state index contributed by atoms with van der Waals surface area (Å²) in [7, 11) is 0. The maximum absolute atomic E-state index is 12.7. The number of aliphatic hydroxyl groups excluding tert-OH is 1. The molecule has 3 aromatic rings. The Labute approximate surface area is 166 Å². The number of rotatable bonds is 3. The number of nitrogens with two attached hydrogens (primary N) is 1. The molecule has 1 fully saturated rings. The predicted octanol–water partition coefficient (Wildman–Crippen LogP) is 2.30. The Morgan fingerprint density at radius 1 is 1.29 bits per heavy atom. The Bertz CT molecular complexity index is 990. The SMILES string of the molecule is Cc1ccc(NC(=O)N2CCN(c3nc(N)nc4sccc34)C(CO)C2)cc1. The van der Waals surface area contributed by atoms with Crippen LogP contribution in [0.1, 0.15) is 5.56 Å². The molecule has 146 valence electrons. The summed E-state index contributed by atoms with van der Waals surface area (Å²) in [5, 5.41) is 15.7. The highest BCUT2D eigenvalue weighted by Gasteiger charge is 2.31. The van der Waals surface area contributed by atoms with Gasteiger partial charge in [-0.1, -0.05) is 17.7 Å². The van der Waals surface area contributed by atoms with Crippen LogP contribution in [0, 0.1) is 6.92 Å². The predicted molar refractivity (Wildman–Crippen MR) is 112 cm³/mol. The van der Waals surface area contributed by atoms with Gasteiger partial charge in [0, 0.05) is 25.3 Å². The number of carbonyl (C=O) groups excluding carboxylic acids is 1. The van der Waals surface area contributed by atoms with Gasteiger partial charge in [-0.25, -0.2) is 9.78 Å². The molecule has 0 saturated carbocycles. The van der Waals surface area contributed by atoms with E-state index in [4.69, 9.17) is 5.73 Å². The molecule has 4 N–H and O–H groups in total. The number of piperazine rings is 1. The molecule has 0 aliphatic carbocycles. The van der Waals surface area contributed by atoms with Crippen LogP contribution < -0.4 is 16.0 Å². The first-order chi connectivity index (χ1) is 13.5. The number of urea groups is 1. The van der Waals surface area contributed by atoms with Crippen molar-refractivity contribution < 1.29 is 9.90 Å². The summed E-state index contributed by atoms with van der Waals surface area (Å²) in [6, 6.07) is 9.18. The molecule has 3 heterocycles. The number of benzene rings is 1. The quantitative estimate of drug-likeness (QED) is 0.625.